The molecule has 2 aromatic rings. The molecule has 112 valence electrons. The van der Waals surface area contributed by atoms with Gasteiger partial charge in [-0.15, -0.1) is 11.3 Å². The van der Waals surface area contributed by atoms with Gasteiger partial charge in [0.2, 0.25) is 5.91 Å². The van der Waals surface area contributed by atoms with E-state index in [-0.39, 0.29) is 11.8 Å². The van der Waals surface area contributed by atoms with E-state index in [0.29, 0.717) is 18.0 Å². The summed E-state index contributed by atoms with van der Waals surface area (Å²) >= 11 is 2.90. The van der Waals surface area contributed by atoms with Crippen molar-refractivity contribution in [3.8, 4) is 0 Å². The topological polar surface area (TPSA) is 62.3 Å². The molecule has 22 heavy (non-hydrogen) atoms. The fourth-order valence-corrected chi connectivity index (χ4v) is 4.98. The summed E-state index contributed by atoms with van der Waals surface area (Å²) < 4.78 is 0. The molecular weight excluding hydrogens is 318 g/mol. The number of rotatable bonds is 2. The third kappa shape index (κ3) is 1.89. The van der Waals surface area contributed by atoms with Crippen molar-refractivity contribution in [2.24, 2.45) is 0 Å². The van der Waals surface area contributed by atoms with Crippen molar-refractivity contribution in [3.63, 3.8) is 0 Å². The third-order valence-electron chi connectivity index (χ3n) is 3.87. The minimum absolute atomic E-state index is 0.00270. The van der Waals surface area contributed by atoms with Gasteiger partial charge in [-0.25, -0.2) is 4.98 Å². The summed E-state index contributed by atoms with van der Waals surface area (Å²) in [4.78, 5) is 32.2. The normalized spacial score (nSPS) is 22.6. The van der Waals surface area contributed by atoms with Crippen LogP contribution in [0.4, 0.5) is 10.8 Å². The highest BCUT2D eigenvalue weighted by molar-refractivity contribution is 8.02. The molecule has 1 fully saturated rings. The number of hydrogen-bond acceptors (Lipinski definition) is 5. The first kappa shape index (κ1) is 13.8. The summed E-state index contributed by atoms with van der Waals surface area (Å²) in [6.07, 6.45) is 2.64. The molecule has 2 aliphatic rings. The van der Waals surface area contributed by atoms with Gasteiger partial charge in [-0.3, -0.25) is 19.8 Å². The van der Waals surface area contributed by atoms with Crippen molar-refractivity contribution in [3.05, 3.63) is 35.3 Å². The van der Waals surface area contributed by atoms with Crippen LogP contribution in [0.1, 0.15) is 17.7 Å². The monoisotopic (exact) mass is 331 g/mol. The molecule has 2 amide bonds. The Morgan fingerprint density at radius 3 is 3.00 bits per heavy atom. The molecular formula is C15H13N3O2S2. The van der Waals surface area contributed by atoms with Crippen LogP contribution in [-0.4, -0.2) is 21.7 Å². The van der Waals surface area contributed by atoms with Crippen LogP contribution >= 0.6 is 23.1 Å². The van der Waals surface area contributed by atoms with Crippen LogP contribution in [0.2, 0.25) is 0 Å². The SMILES string of the molecule is Cc1cnc(NC(=O)[C@]23CCC(=O)N2c2ccccc2S3)s1. The molecule has 1 atom stereocenters. The van der Waals surface area contributed by atoms with Crippen molar-refractivity contribution >= 4 is 45.7 Å². The Balaban J connectivity index is 1.71. The fourth-order valence-electron chi connectivity index (χ4n) is 2.91. The number of nitrogens with zero attached hydrogens (tertiary/aromatic N) is 2. The summed E-state index contributed by atoms with van der Waals surface area (Å²) in [7, 11) is 0. The predicted molar refractivity (Wildman–Crippen MR) is 87.2 cm³/mol. The zero-order chi connectivity index (χ0) is 15.3. The first-order valence-electron chi connectivity index (χ1n) is 6.95. The Labute approximate surface area is 135 Å². The van der Waals surface area contributed by atoms with Crippen LogP contribution in [0.5, 0.6) is 0 Å². The fraction of sp³-hybridized carbons (Fsp3) is 0.267. The number of aryl methyl sites for hydroxylation is 1. The standard InChI is InChI=1S/C15H13N3O2S2/c1-9-8-16-14(21-9)17-13(20)15-7-6-12(19)18(15)10-4-2-3-5-11(10)22-15/h2-5,8H,6-7H2,1H3,(H,16,17,20)/t15-/m1/s1. The molecule has 7 heteroatoms. The van der Waals surface area contributed by atoms with Gasteiger partial charge in [-0.05, 0) is 25.5 Å². The Morgan fingerprint density at radius 1 is 1.41 bits per heavy atom. The number of para-hydroxylation sites is 1. The van der Waals surface area contributed by atoms with Crippen molar-refractivity contribution in [1.29, 1.82) is 0 Å². The number of amides is 2. The molecule has 0 radical (unpaired) electrons. The number of aromatic nitrogens is 1. The number of fused-ring (bicyclic) bond motifs is 3. The molecule has 3 heterocycles. The number of carbonyl (C=O) groups excluding carboxylic acids is 2. The average Bonchev–Trinajstić information content (AvgIpc) is 3.14. The molecule has 5 nitrogen and oxygen atoms in total. The summed E-state index contributed by atoms with van der Waals surface area (Å²) in [6.45, 7) is 1.94. The molecule has 2 aliphatic heterocycles. The highest BCUT2D eigenvalue weighted by atomic mass is 32.2. The molecule has 0 unspecified atom stereocenters. The Hall–Kier alpha value is -1.86. The lowest BCUT2D eigenvalue weighted by molar-refractivity contribution is -0.121. The van der Waals surface area contributed by atoms with E-state index in [0.717, 1.165) is 15.5 Å². The first-order valence-corrected chi connectivity index (χ1v) is 8.58. The number of nitrogens with one attached hydrogen (secondary N) is 1. The number of hydrogen-bond donors (Lipinski definition) is 1. The maximum absolute atomic E-state index is 12.9. The van der Waals surface area contributed by atoms with Gasteiger partial charge >= 0.3 is 0 Å². The van der Waals surface area contributed by atoms with E-state index in [2.05, 4.69) is 10.3 Å². The van der Waals surface area contributed by atoms with Crippen molar-refractivity contribution in [2.75, 3.05) is 10.2 Å². The van der Waals surface area contributed by atoms with Crippen molar-refractivity contribution in [2.45, 2.75) is 29.5 Å². The molecule has 1 aromatic carbocycles. The number of thioether (sulfide) groups is 1. The van der Waals surface area contributed by atoms with E-state index in [1.165, 1.54) is 23.1 Å². The number of thiazole rings is 1. The van der Waals surface area contributed by atoms with Crippen LogP contribution in [-0.2, 0) is 9.59 Å². The molecule has 1 N–H and O–H groups in total. The lowest BCUT2D eigenvalue weighted by Crippen LogP contribution is -2.49. The zero-order valence-corrected chi connectivity index (χ0v) is 13.5. The molecule has 0 aliphatic carbocycles. The average molecular weight is 331 g/mol. The van der Waals surface area contributed by atoms with Gasteiger partial charge in [0.25, 0.3) is 5.91 Å². The Kier molecular flexibility index (Phi) is 3.02. The minimum atomic E-state index is -0.875. The molecule has 0 bridgehead atoms. The van der Waals surface area contributed by atoms with E-state index in [1.807, 2.05) is 31.2 Å². The van der Waals surface area contributed by atoms with Crippen molar-refractivity contribution in [1.82, 2.24) is 4.98 Å². The highest BCUT2D eigenvalue weighted by Crippen LogP contribution is 2.56. The summed E-state index contributed by atoms with van der Waals surface area (Å²) in [5.41, 5.74) is 0.834. The molecule has 0 saturated carbocycles. The molecule has 1 aromatic heterocycles. The summed E-state index contributed by atoms with van der Waals surface area (Å²) in [6, 6.07) is 7.67. The van der Waals surface area contributed by atoms with Crippen molar-refractivity contribution < 1.29 is 9.59 Å². The first-order chi connectivity index (χ1) is 10.6. The largest absolute Gasteiger partial charge is 0.299 e. The minimum Gasteiger partial charge on any atom is -0.299 e. The second-order valence-corrected chi connectivity index (χ2v) is 7.87. The highest BCUT2D eigenvalue weighted by Gasteiger charge is 2.57. The van der Waals surface area contributed by atoms with Gasteiger partial charge in [-0.1, -0.05) is 23.9 Å². The lowest BCUT2D eigenvalue weighted by Gasteiger charge is -2.29. The van der Waals surface area contributed by atoms with Crippen LogP contribution < -0.4 is 10.2 Å². The second-order valence-electron chi connectivity index (χ2n) is 5.31. The zero-order valence-electron chi connectivity index (χ0n) is 11.8. The van der Waals surface area contributed by atoms with E-state index in [4.69, 9.17) is 0 Å². The van der Waals surface area contributed by atoms with Crippen LogP contribution in [0.15, 0.2) is 35.4 Å². The van der Waals surface area contributed by atoms with Gasteiger partial charge in [-0.2, -0.15) is 0 Å². The Bertz CT molecular complexity index is 789. The van der Waals surface area contributed by atoms with Crippen LogP contribution in [0, 0.1) is 6.92 Å². The Morgan fingerprint density at radius 2 is 2.23 bits per heavy atom. The third-order valence-corrected chi connectivity index (χ3v) is 6.17. The number of carbonyl (C=O) groups is 2. The maximum Gasteiger partial charge on any atom is 0.263 e. The summed E-state index contributed by atoms with van der Waals surface area (Å²) in [5, 5.41) is 3.45. The smallest absolute Gasteiger partial charge is 0.263 e. The van der Waals surface area contributed by atoms with Gasteiger partial charge in [0, 0.05) is 22.4 Å². The predicted octanol–water partition coefficient (Wildman–Crippen LogP) is 3.02. The van der Waals surface area contributed by atoms with Gasteiger partial charge < -0.3 is 0 Å². The number of benzene rings is 1. The summed E-state index contributed by atoms with van der Waals surface area (Å²) in [5.74, 6) is -0.170. The van der Waals surface area contributed by atoms with Gasteiger partial charge in [0.1, 0.15) is 0 Å². The van der Waals surface area contributed by atoms with Gasteiger partial charge in [0.15, 0.2) is 10.0 Å². The molecule has 1 saturated heterocycles. The van der Waals surface area contributed by atoms with E-state index >= 15 is 0 Å². The van der Waals surface area contributed by atoms with E-state index in [1.54, 1.807) is 11.1 Å². The van der Waals surface area contributed by atoms with E-state index < -0.39 is 4.87 Å². The molecule has 4 rings (SSSR count). The van der Waals surface area contributed by atoms with Gasteiger partial charge in [0.05, 0.1) is 5.69 Å². The maximum atomic E-state index is 12.9. The van der Waals surface area contributed by atoms with Crippen LogP contribution in [0.3, 0.4) is 0 Å². The quantitative estimate of drug-likeness (QED) is 0.919. The number of anilines is 2. The van der Waals surface area contributed by atoms with Crippen LogP contribution in [0.25, 0.3) is 0 Å². The lowest BCUT2D eigenvalue weighted by atomic mass is 10.2. The second kappa shape index (κ2) is 4.82. The molecule has 0 spiro atoms. The van der Waals surface area contributed by atoms with E-state index in [9.17, 15) is 9.59 Å².